The highest BCUT2D eigenvalue weighted by atomic mass is 79.9. The zero-order valence-electron chi connectivity index (χ0n) is 11.2. The molecule has 0 fully saturated rings. The summed E-state index contributed by atoms with van der Waals surface area (Å²) < 4.78 is 39.7. The lowest BCUT2D eigenvalue weighted by atomic mass is 10.0. The first-order valence-electron chi connectivity index (χ1n) is 6.30. The van der Waals surface area contributed by atoms with Crippen LogP contribution in [0.5, 0.6) is 0 Å². The van der Waals surface area contributed by atoms with Gasteiger partial charge in [0, 0.05) is 11.6 Å². The van der Waals surface area contributed by atoms with E-state index in [1.54, 1.807) is 12.1 Å². The quantitative estimate of drug-likeness (QED) is 0.582. The Balaban J connectivity index is 2.06. The summed E-state index contributed by atoms with van der Waals surface area (Å²) in [6, 6.07) is 6.74. The molecule has 0 saturated carbocycles. The number of nitrogens with one attached hydrogen (secondary N) is 1. The number of allylic oxidation sites excluding steroid dienone is 1. The molecule has 1 aromatic carbocycles. The van der Waals surface area contributed by atoms with Crippen LogP contribution < -0.4 is 5.32 Å². The number of para-hydroxylation sites is 1. The fourth-order valence-corrected chi connectivity index (χ4v) is 3.54. The number of benzene rings is 1. The van der Waals surface area contributed by atoms with E-state index in [-0.39, 0.29) is 16.8 Å². The number of alkyl halides is 3. The third kappa shape index (κ3) is 2.96. The Morgan fingerprint density at radius 3 is 2.57 bits per heavy atom. The smallest absolute Gasteiger partial charge is 0.321 e. The molecule has 0 unspecified atom stereocenters. The lowest BCUT2D eigenvalue weighted by Crippen LogP contribution is -2.10. The molecule has 1 aliphatic heterocycles. The highest BCUT2D eigenvalue weighted by Gasteiger charge is 2.38. The molecule has 23 heavy (non-hydrogen) atoms. The maximum absolute atomic E-state index is 13.0. The average molecular weight is 402 g/mol. The van der Waals surface area contributed by atoms with Crippen LogP contribution >= 0.6 is 27.3 Å². The van der Waals surface area contributed by atoms with Gasteiger partial charge in [0.2, 0.25) is 0 Å². The third-order valence-corrected chi connectivity index (χ3v) is 4.87. The van der Waals surface area contributed by atoms with Crippen molar-refractivity contribution in [2.75, 3.05) is 5.32 Å². The molecule has 1 aliphatic rings. The number of amides is 1. The number of rotatable bonds is 2. The van der Waals surface area contributed by atoms with Crippen LogP contribution in [0.3, 0.4) is 0 Å². The van der Waals surface area contributed by atoms with Crippen LogP contribution in [0, 0.1) is 0 Å². The summed E-state index contributed by atoms with van der Waals surface area (Å²) in [6.45, 7) is 0. The zero-order valence-corrected chi connectivity index (χ0v) is 13.6. The fourth-order valence-electron chi connectivity index (χ4n) is 2.24. The normalized spacial score (nSPS) is 15.7. The van der Waals surface area contributed by atoms with Crippen LogP contribution in [-0.4, -0.2) is 11.7 Å². The van der Waals surface area contributed by atoms with Gasteiger partial charge in [0.1, 0.15) is 0 Å². The van der Waals surface area contributed by atoms with E-state index in [4.69, 9.17) is 0 Å². The van der Waals surface area contributed by atoms with E-state index in [2.05, 4.69) is 21.2 Å². The minimum atomic E-state index is -4.59. The van der Waals surface area contributed by atoms with Gasteiger partial charge < -0.3 is 5.32 Å². The fraction of sp³-hybridized carbons (Fsp3) is 0.0667. The molecule has 0 atom stereocenters. The average Bonchev–Trinajstić information content (AvgIpc) is 3.02. The summed E-state index contributed by atoms with van der Waals surface area (Å²) in [7, 11) is 0. The number of fused-ring (bicyclic) bond motifs is 1. The van der Waals surface area contributed by atoms with E-state index in [1.165, 1.54) is 23.5 Å². The van der Waals surface area contributed by atoms with Gasteiger partial charge in [-0.1, -0.05) is 12.1 Å². The maximum Gasteiger partial charge on any atom is 0.418 e. The van der Waals surface area contributed by atoms with Crippen LogP contribution in [0.25, 0.3) is 5.57 Å². The van der Waals surface area contributed by atoms with Crippen molar-refractivity contribution in [2.24, 2.45) is 0 Å². The molecule has 1 N–H and O–H groups in total. The van der Waals surface area contributed by atoms with Crippen molar-refractivity contribution in [3.8, 4) is 0 Å². The molecule has 2 aromatic rings. The monoisotopic (exact) mass is 401 g/mol. The van der Waals surface area contributed by atoms with Crippen molar-refractivity contribution >= 4 is 50.2 Å². The number of halogens is 4. The lowest BCUT2D eigenvalue weighted by Gasteiger charge is -2.10. The molecule has 1 amide bonds. The number of carbonyl (C=O) groups is 2. The Morgan fingerprint density at radius 1 is 1.22 bits per heavy atom. The minimum Gasteiger partial charge on any atom is -0.321 e. The standard InChI is InChI=1S/C15H7BrF3NO2S/c16-12-5-4-11(23-12)10(21)6-8-7-2-1-3-9(15(17,18)19)13(7)20-14(8)22/h1-6H,(H,20,22)/b8-6-. The summed E-state index contributed by atoms with van der Waals surface area (Å²) >= 11 is 4.40. The molecule has 2 heterocycles. The van der Waals surface area contributed by atoms with Gasteiger partial charge in [-0.2, -0.15) is 13.2 Å². The number of thiophene rings is 1. The van der Waals surface area contributed by atoms with Gasteiger partial charge in [-0.25, -0.2) is 0 Å². The first-order valence-corrected chi connectivity index (χ1v) is 7.91. The van der Waals surface area contributed by atoms with E-state index in [0.717, 1.165) is 15.9 Å². The number of ketones is 1. The molecule has 0 aliphatic carbocycles. The predicted molar refractivity (Wildman–Crippen MR) is 84.4 cm³/mol. The van der Waals surface area contributed by atoms with Gasteiger partial charge in [-0.05, 0) is 34.1 Å². The van der Waals surface area contributed by atoms with E-state index in [9.17, 15) is 22.8 Å². The van der Waals surface area contributed by atoms with Crippen LogP contribution in [0.1, 0.15) is 20.8 Å². The van der Waals surface area contributed by atoms with Crippen molar-refractivity contribution in [3.63, 3.8) is 0 Å². The molecule has 0 radical (unpaired) electrons. The molecule has 0 spiro atoms. The van der Waals surface area contributed by atoms with Gasteiger partial charge in [0.05, 0.1) is 25.5 Å². The van der Waals surface area contributed by atoms with Crippen molar-refractivity contribution < 1.29 is 22.8 Å². The first kappa shape index (κ1) is 15.9. The van der Waals surface area contributed by atoms with Crippen molar-refractivity contribution in [2.45, 2.75) is 6.18 Å². The van der Waals surface area contributed by atoms with Gasteiger partial charge >= 0.3 is 6.18 Å². The predicted octanol–water partition coefficient (Wildman–Crippen LogP) is 4.75. The zero-order chi connectivity index (χ0) is 16.8. The van der Waals surface area contributed by atoms with Gasteiger partial charge in [0.15, 0.2) is 5.78 Å². The molecule has 1 aromatic heterocycles. The van der Waals surface area contributed by atoms with Gasteiger partial charge in [-0.3, -0.25) is 9.59 Å². The SMILES string of the molecule is O=C1Nc2c(cccc2C(F)(F)F)/C1=C/C(=O)c1ccc(Br)s1. The summed E-state index contributed by atoms with van der Waals surface area (Å²) in [4.78, 5) is 24.5. The van der Waals surface area contributed by atoms with Crippen LogP contribution in [-0.2, 0) is 11.0 Å². The van der Waals surface area contributed by atoms with Crippen LogP contribution in [0.4, 0.5) is 18.9 Å². The summed E-state index contributed by atoms with van der Waals surface area (Å²) in [5.41, 5.74) is -1.23. The molecule has 0 bridgehead atoms. The molecule has 118 valence electrons. The summed E-state index contributed by atoms with van der Waals surface area (Å²) in [6.07, 6.45) is -3.52. The van der Waals surface area contributed by atoms with E-state index in [0.29, 0.717) is 4.88 Å². The van der Waals surface area contributed by atoms with E-state index < -0.39 is 23.4 Å². The van der Waals surface area contributed by atoms with Crippen molar-refractivity contribution in [1.29, 1.82) is 0 Å². The second kappa shape index (κ2) is 5.61. The van der Waals surface area contributed by atoms with Gasteiger partial charge in [-0.15, -0.1) is 11.3 Å². The lowest BCUT2D eigenvalue weighted by molar-refractivity contribution is -0.136. The van der Waals surface area contributed by atoms with Crippen LogP contribution in [0.2, 0.25) is 0 Å². The maximum atomic E-state index is 13.0. The highest BCUT2D eigenvalue weighted by molar-refractivity contribution is 9.11. The second-order valence-electron chi connectivity index (χ2n) is 4.71. The largest absolute Gasteiger partial charge is 0.418 e. The number of anilines is 1. The van der Waals surface area contributed by atoms with Crippen molar-refractivity contribution in [3.05, 3.63) is 56.2 Å². The Hall–Kier alpha value is -1.93. The summed E-state index contributed by atoms with van der Waals surface area (Å²) in [5, 5.41) is 2.20. The van der Waals surface area contributed by atoms with Crippen molar-refractivity contribution in [1.82, 2.24) is 0 Å². The number of hydrogen-bond acceptors (Lipinski definition) is 3. The number of hydrogen-bond donors (Lipinski definition) is 1. The molecule has 0 saturated heterocycles. The van der Waals surface area contributed by atoms with Gasteiger partial charge in [0.25, 0.3) is 5.91 Å². The molecule has 3 nitrogen and oxygen atoms in total. The Morgan fingerprint density at radius 2 is 1.96 bits per heavy atom. The minimum absolute atomic E-state index is 0.0689. The van der Waals surface area contributed by atoms with E-state index in [1.807, 2.05) is 0 Å². The Bertz CT molecular complexity index is 855. The summed E-state index contributed by atoms with van der Waals surface area (Å²) in [5.74, 6) is -1.16. The second-order valence-corrected chi connectivity index (χ2v) is 7.17. The molecule has 8 heteroatoms. The first-order chi connectivity index (χ1) is 10.8. The van der Waals surface area contributed by atoms with E-state index >= 15 is 0 Å². The molecule has 3 rings (SSSR count). The van der Waals surface area contributed by atoms with Crippen LogP contribution in [0.15, 0.2) is 40.2 Å². The third-order valence-electron chi connectivity index (χ3n) is 3.23. The Labute approximate surface area is 140 Å². The molecular formula is C15H7BrF3NO2S. The number of carbonyl (C=O) groups excluding carboxylic acids is 2. The highest BCUT2D eigenvalue weighted by Crippen LogP contribution is 2.42. The topological polar surface area (TPSA) is 46.2 Å². The Kier molecular flexibility index (Phi) is 3.89. The molecular weight excluding hydrogens is 395 g/mol.